The van der Waals surface area contributed by atoms with E-state index in [-0.39, 0.29) is 30.4 Å². The maximum atomic E-state index is 12.0. The van der Waals surface area contributed by atoms with Crippen LogP contribution in [0.2, 0.25) is 0 Å². The number of carbonyl (C=O) groups is 1. The fourth-order valence-electron chi connectivity index (χ4n) is 3.73. The number of carbonyl (C=O) groups excluding carboxylic acids is 1. The van der Waals surface area contributed by atoms with E-state index >= 15 is 0 Å². The van der Waals surface area contributed by atoms with Gasteiger partial charge in [0.05, 0.1) is 31.6 Å². The second kappa shape index (κ2) is 7.38. The van der Waals surface area contributed by atoms with Gasteiger partial charge in [-0.05, 0) is 24.1 Å². The molecule has 8 nitrogen and oxygen atoms in total. The molecule has 148 valence electrons. The highest BCUT2D eigenvalue weighted by atomic mass is 16.6. The molecule has 0 radical (unpaired) electrons. The molecule has 3 aliphatic heterocycles. The van der Waals surface area contributed by atoms with Crippen molar-refractivity contribution in [3.63, 3.8) is 0 Å². The van der Waals surface area contributed by atoms with Gasteiger partial charge in [0.2, 0.25) is 11.7 Å². The Bertz CT molecular complexity index is 851. The van der Waals surface area contributed by atoms with Crippen LogP contribution in [0.25, 0.3) is 0 Å². The van der Waals surface area contributed by atoms with Gasteiger partial charge < -0.3 is 20.3 Å². The molecule has 1 amide bonds. The van der Waals surface area contributed by atoms with Crippen LogP contribution < -0.4 is 11.1 Å². The number of nitrogens with one attached hydrogen (secondary N) is 1. The van der Waals surface area contributed by atoms with E-state index in [1.165, 1.54) is 5.01 Å². The highest BCUT2D eigenvalue weighted by Gasteiger charge is 2.50. The van der Waals surface area contributed by atoms with Gasteiger partial charge in [0.1, 0.15) is 0 Å². The number of hydrogen-bond acceptors (Lipinski definition) is 7. The Hall–Kier alpha value is -2.68. The van der Waals surface area contributed by atoms with Gasteiger partial charge in [0.25, 0.3) is 5.91 Å². The predicted molar refractivity (Wildman–Crippen MR) is 102 cm³/mol. The summed E-state index contributed by atoms with van der Waals surface area (Å²) >= 11 is 0. The fourth-order valence-corrected chi connectivity index (χ4v) is 3.73. The van der Waals surface area contributed by atoms with Crippen molar-refractivity contribution in [2.24, 2.45) is 16.8 Å². The van der Waals surface area contributed by atoms with Gasteiger partial charge in [-0.15, -0.1) is 5.10 Å². The zero-order valence-corrected chi connectivity index (χ0v) is 15.7. The number of nitrogens with two attached hydrogens (primary N) is 1. The van der Waals surface area contributed by atoms with Crippen molar-refractivity contribution in [1.29, 1.82) is 0 Å². The van der Waals surface area contributed by atoms with Gasteiger partial charge in [0.15, 0.2) is 0 Å². The third-order valence-corrected chi connectivity index (χ3v) is 5.22. The first-order valence-electron chi connectivity index (χ1n) is 9.32. The van der Waals surface area contributed by atoms with Crippen LogP contribution in [0.3, 0.4) is 0 Å². The molecule has 1 aromatic rings. The lowest BCUT2D eigenvalue weighted by Gasteiger charge is -2.36. The first-order chi connectivity index (χ1) is 13.5. The van der Waals surface area contributed by atoms with Gasteiger partial charge in [-0.25, -0.2) is 0 Å². The lowest BCUT2D eigenvalue weighted by molar-refractivity contribution is -0.201. The Labute approximate surface area is 163 Å². The van der Waals surface area contributed by atoms with Crippen LogP contribution in [0, 0.1) is 5.92 Å². The molecule has 1 fully saturated rings. The molecular formula is C20H24N4O4. The second-order valence-corrected chi connectivity index (χ2v) is 7.31. The Kier molecular flexibility index (Phi) is 4.92. The number of aliphatic hydroxyl groups is 1. The quantitative estimate of drug-likeness (QED) is 0.693. The minimum absolute atomic E-state index is 0.0156. The van der Waals surface area contributed by atoms with Gasteiger partial charge in [-0.3, -0.25) is 15.1 Å². The molecule has 0 saturated carbocycles. The maximum absolute atomic E-state index is 12.0. The molecule has 3 heterocycles. The lowest BCUT2D eigenvalue weighted by Crippen LogP contribution is -2.44. The Morgan fingerprint density at radius 2 is 2.18 bits per heavy atom. The highest BCUT2D eigenvalue weighted by molar-refractivity contribution is 6.06. The Balaban J connectivity index is 1.46. The molecule has 1 aromatic carbocycles. The standard InChI is InChI=1S/C20H24N4O4/c1-13-9-16(12-27-11-14-5-3-2-4-6-14)28-20(13,26)17-8-7-15-10-24(17)23-19(21)22-18(15)25/h2-8,13,16,26H,9-12H2,1H3,(H3,21,22,23,25)/t13?,16?,20-/m1/s1. The van der Waals surface area contributed by atoms with Crippen molar-refractivity contribution in [2.45, 2.75) is 31.8 Å². The van der Waals surface area contributed by atoms with Crippen LogP contribution in [0.15, 0.2) is 58.9 Å². The Morgan fingerprint density at radius 3 is 2.96 bits per heavy atom. The number of nitrogens with zero attached hydrogens (tertiary/aromatic N) is 2. The molecule has 2 unspecified atom stereocenters. The van der Waals surface area contributed by atoms with Crippen molar-refractivity contribution in [3.8, 4) is 0 Å². The topological polar surface area (TPSA) is 109 Å². The fraction of sp³-hybridized carbons (Fsp3) is 0.400. The van der Waals surface area contributed by atoms with Crippen LogP contribution in [0.4, 0.5) is 0 Å². The number of fused-ring (bicyclic) bond motifs is 2. The molecule has 0 spiro atoms. The highest BCUT2D eigenvalue weighted by Crippen LogP contribution is 2.42. The van der Waals surface area contributed by atoms with E-state index in [1.54, 1.807) is 12.2 Å². The summed E-state index contributed by atoms with van der Waals surface area (Å²) in [6.45, 7) is 3.02. The molecule has 4 rings (SSSR count). The van der Waals surface area contributed by atoms with Crippen LogP contribution in [0.1, 0.15) is 18.9 Å². The number of benzene rings is 1. The van der Waals surface area contributed by atoms with Crippen LogP contribution >= 0.6 is 0 Å². The van der Waals surface area contributed by atoms with Crippen LogP contribution in [0.5, 0.6) is 0 Å². The van der Waals surface area contributed by atoms with Crippen molar-refractivity contribution >= 4 is 11.9 Å². The number of hydrazone groups is 1. The van der Waals surface area contributed by atoms with Crippen molar-refractivity contribution < 1.29 is 19.4 Å². The molecule has 28 heavy (non-hydrogen) atoms. The molecule has 3 atom stereocenters. The van der Waals surface area contributed by atoms with E-state index in [4.69, 9.17) is 15.2 Å². The molecule has 8 heteroatoms. The third kappa shape index (κ3) is 3.54. The molecule has 3 aliphatic rings. The van der Waals surface area contributed by atoms with E-state index in [9.17, 15) is 9.90 Å². The van der Waals surface area contributed by atoms with Crippen LogP contribution in [-0.2, 0) is 20.9 Å². The van der Waals surface area contributed by atoms with Gasteiger partial charge >= 0.3 is 0 Å². The average molecular weight is 384 g/mol. The predicted octanol–water partition coefficient (Wildman–Crippen LogP) is 0.802. The minimum atomic E-state index is -1.53. The third-order valence-electron chi connectivity index (χ3n) is 5.22. The normalized spacial score (nSPS) is 29.6. The molecule has 4 N–H and O–H groups in total. The molecular weight excluding hydrogens is 360 g/mol. The van der Waals surface area contributed by atoms with Crippen LogP contribution in [-0.4, -0.2) is 47.0 Å². The van der Waals surface area contributed by atoms with Crippen molar-refractivity contribution in [3.05, 3.63) is 59.3 Å². The molecule has 2 bridgehead atoms. The number of amides is 1. The van der Waals surface area contributed by atoms with Crippen molar-refractivity contribution in [1.82, 2.24) is 10.3 Å². The summed E-state index contributed by atoms with van der Waals surface area (Å²) < 4.78 is 11.8. The van der Waals surface area contributed by atoms with Gasteiger partial charge in [-0.2, -0.15) is 0 Å². The summed E-state index contributed by atoms with van der Waals surface area (Å²) in [4.78, 5) is 12.0. The Morgan fingerprint density at radius 1 is 1.39 bits per heavy atom. The van der Waals surface area contributed by atoms with Gasteiger partial charge in [-0.1, -0.05) is 37.3 Å². The number of rotatable bonds is 5. The molecule has 1 saturated heterocycles. The number of guanidine groups is 1. The smallest absolute Gasteiger partial charge is 0.255 e. The summed E-state index contributed by atoms with van der Waals surface area (Å²) in [5.41, 5.74) is 7.82. The number of hydrogen-bond donors (Lipinski definition) is 3. The van der Waals surface area contributed by atoms with E-state index in [1.807, 2.05) is 37.3 Å². The molecule has 0 aromatic heterocycles. The maximum Gasteiger partial charge on any atom is 0.255 e. The summed E-state index contributed by atoms with van der Waals surface area (Å²) in [5, 5.41) is 19.5. The average Bonchev–Trinajstić information content (AvgIpc) is 2.91. The summed E-state index contributed by atoms with van der Waals surface area (Å²) in [7, 11) is 0. The number of allylic oxidation sites excluding steroid dienone is 2. The summed E-state index contributed by atoms with van der Waals surface area (Å²) in [6.07, 6.45) is 3.74. The van der Waals surface area contributed by atoms with Gasteiger partial charge in [0, 0.05) is 11.5 Å². The van der Waals surface area contributed by atoms with E-state index < -0.39 is 5.79 Å². The zero-order chi connectivity index (χ0) is 19.7. The summed E-state index contributed by atoms with van der Waals surface area (Å²) in [6, 6.07) is 9.90. The first-order valence-corrected chi connectivity index (χ1v) is 9.32. The SMILES string of the molecule is CC1CC(COCc2ccccc2)O[C@@]1(O)C1=CC=C2CN1N=C(N)NC2=O. The minimum Gasteiger partial charge on any atom is -0.374 e. The number of ether oxygens (including phenoxy) is 2. The van der Waals surface area contributed by atoms with E-state index in [0.717, 1.165) is 5.56 Å². The first kappa shape index (κ1) is 18.7. The van der Waals surface area contributed by atoms with E-state index in [0.29, 0.717) is 30.9 Å². The monoisotopic (exact) mass is 384 g/mol. The van der Waals surface area contributed by atoms with E-state index in [2.05, 4.69) is 10.4 Å². The largest absolute Gasteiger partial charge is 0.374 e. The summed E-state index contributed by atoms with van der Waals surface area (Å²) in [5.74, 6) is -2.01. The lowest BCUT2D eigenvalue weighted by atomic mass is 9.93. The van der Waals surface area contributed by atoms with Crippen molar-refractivity contribution in [2.75, 3.05) is 13.2 Å². The molecule has 0 aliphatic carbocycles. The second-order valence-electron chi connectivity index (χ2n) is 7.31. The zero-order valence-electron chi connectivity index (χ0n) is 15.7.